The van der Waals surface area contributed by atoms with Crippen LogP contribution in [0, 0.1) is 0 Å². The van der Waals surface area contributed by atoms with Crippen molar-refractivity contribution in [3.8, 4) is 11.5 Å². The second-order valence-electron chi connectivity index (χ2n) is 5.02. The van der Waals surface area contributed by atoms with Crippen LogP contribution in [0.2, 0.25) is 0 Å². The summed E-state index contributed by atoms with van der Waals surface area (Å²) in [5.41, 5.74) is 5.66. The third-order valence-electron chi connectivity index (χ3n) is 2.98. The van der Waals surface area contributed by atoms with Gasteiger partial charge in [-0.05, 0) is 45.0 Å². The van der Waals surface area contributed by atoms with Crippen molar-refractivity contribution in [2.24, 2.45) is 5.73 Å². The number of rotatable bonds is 9. The molecule has 1 aromatic carbocycles. The number of hydrogen-bond donors (Lipinski definition) is 2. The van der Waals surface area contributed by atoms with Crippen molar-refractivity contribution in [3.63, 3.8) is 0 Å². The number of carbonyl (C=O) groups is 1. The Kier molecular flexibility index (Phi) is 6.84. The maximum Gasteiger partial charge on any atom is 0.321 e. The molecule has 0 bridgehead atoms. The van der Waals surface area contributed by atoms with Gasteiger partial charge < -0.3 is 20.3 Å². The Labute approximate surface area is 129 Å². The molecule has 0 saturated heterocycles. The van der Waals surface area contributed by atoms with Gasteiger partial charge in [0.1, 0.15) is 17.5 Å². The smallest absolute Gasteiger partial charge is 0.321 e. The van der Waals surface area contributed by atoms with Crippen LogP contribution in [0.15, 0.2) is 24.3 Å². The lowest BCUT2D eigenvalue weighted by molar-refractivity contribution is -0.139. The van der Waals surface area contributed by atoms with Crippen molar-refractivity contribution >= 4 is 17.7 Å². The zero-order valence-corrected chi connectivity index (χ0v) is 13.5. The van der Waals surface area contributed by atoms with Gasteiger partial charge in [-0.1, -0.05) is 0 Å². The number of nitrogens with two attached hydrogens (primary N) is 1. The van der Waals surface area contributed by atoms with Gasteiger partial charge in [0, 0.05) is 10.5 Å². The van der Waals surface area contributed by atoms with E-state index in [4.69, 9.17) is 20.3 Å². The maximum atomic E-state index is 10.9. The Morgan fingerprint density at radius 3 is 2.29 bits per heavy atom. The number of hydrogen-bond acceptors (Lipinski definition) is 5. The van der Waals surface area contributed by atoms with Crippen LogP contribution in [-0.4, -0.2) is 40.8 Å². The minimum Gasteiger partial charge on any atom is -0.494 e. The largest absolute Gasteiger partial charge is 0.494 e. The summed E-state index contributed by atoms with van der Waals surface area (Å²) >= 11 is 1.49. The molecule has 1 aromatic rings. The second kappa shape index (κ2) is 8.14. The van der Waals surface area contributed by atoms with Crippen LogP contribution in [0.3, 0.4) is 0 Å². The predicted octanol–water partition coefficient (Wildman–Crippen LogP) is 2.39. The van der Waals surface area contributed by atoms with E-state index in [0.29, 0.717) is 19.0 Å². The highest BCUT2D eigenvalue weighted by atomic mass is 32.2. The summed E-state index contributed by atoms with van der Waals surface area (Å²) in [7, 11) is 0. The summed E-state index contributed by atoms with van der Waals surface area (Å²) < 4.78 is 10.4. The first kappa shape index (κ1) is 17.7. The number of carboxylic acid groups (broad SMARTS) is 1. The van der Waals surface area contributed by atoms with Crippen molar-refractivity contribution in [1.82, 2.24) is 0 Å². The van der Waals surface area contributed by atoms with Gasteiger partial charge in [-0.3, -0.25) is 4.79 Å². The second-order valence-corrected chi connectivity index (χ2v) is 6.77. The Morgan fingerprint density at radius 2 is 1.81 bits per heavy atom. The van der Waals surface area contributed by atoms with Crippen molar-refractivity contribution in [2.75, 3.05) is 19.0 Å². The molecule has 0 radical (unpaired) electrons. The molecule has 0 fully saturated rings. The van der Waals surface area contributed by atoms with E-state index in [9.17, 15) is 4.79 Å². The standard InChI is InChI=1S/C15H23NO4S/c1-4-19-11-5-7-12(8-6-11)20-9-10-21-15(2,3)13(16)14(17)18/h5-8,13H,4,9-10,16H2,1-3H3,(H,17,18)/t13-/m0/s1. The lowest BCUT2D eigenvalue weighted by atomic mass is 10.1. The summed E-state index contributed by atoms with van der Waals surface area (Å²) in [5, 5.41) is 8.94. The van der Waals surface area contributed by atoms with E-state index >= 15 is 0 Å². The Balaban J connectivity index is 2.35. The fourth-order valence-corrected chi connectivity index (χ4v) is 2.62. The highest BCUT2D eigenvalue weighted by Gasteiger charge is 2.32. The zero-order valence-electron chi connectivity index (χ0n) is 12.7. The molecular weight excluding hydrogens is 290 g/mol. The van der Waals surface area contributed by atoms with Gasteiger partial charge in [0.25, 0.3) is 0 Å². The van der Waals surface area contributed by atoms with Crippen LogP contribution < -0.4 is 15.2 Å². The first-order valence-electron chi connectivity index (χ1n) is 6.85. The van der Waals surface area contributed by atoms with Crippen molar-refractivity contribution in [1.29, 1.82) is 0 Å². The summed E-state index contributed by atoms with van der Waals surface area (Å²) in [6.07, 6.45) is 0. The van der Waals surface area contributed by atoms with Crippen LogP contribution in [0.1, 0.15) is 20.8 Å². The molecule has 0 aliphatic carbocycles. The Morgan fingerprint density at radius 1 is 1.29 bits per heavy atom. The Hall–Kier alpha value is -1.40. The molecule has 0 aliphatic rings. The molecule has 1 rings (SSSR count). The quantitative estimate of drug-likeness (QED) is 0.681. The van der Waals surface area contributed by atoms with Gasteiger partial charge in [-0.25, -0.2) is 0 Å². The topological polar surface area (TPSA) is 81.8 Å². The van der Waals surface area contributed by atoms with Gasteiger partial charge in [0.15, 0.2) is 0 Å². The molecule has 118 valence electrons. The minimum atomic E-state index is -0.986. The SMILES string of the molecule is CCOc1ccc(OCCSC(C)(C)[C@@H](N)C(=O)O)cc1. The molecule has 5 nitrogen and oxygen atoms in total. The van der Waals surface area contributed by atoms with Crippen molar-refractivity contribution in [3.05, 3.63) is 24.3 Å². The monoisotopic (exact) mass is 313 g/mol. The average Bonchev–Trinajstić information content (AvgIpc) is 2.44. The molecule has 0 saturated carbocycles. The van der Waals surface area contributed by atoms with E-state index in [1.54, 1.807) is 0 Å². The molecule has 0 amide bonds. The third-order valence-corrected chi connectivity index (χ3v) is 4.34. The normalized spacial score (nSPS) is 12.8. The highest BCUT2D eigenvalue weighted by Crippen LogP contribution is 2.27. The van der Waals surface area contributed by atoms with Gasteiger partial charge in [-0.2, -0.15) is 0 Å². The maximum absolute atomic E-state index is 10.9. The number of benzene rings is 1. The number of carboxylic acids is 1. The summed E-state index contributed by atoms with van der Waals surface area (Å²) in [6.45, 7) is 6.72. The zero-order chi connectivity index (χ0) is 15.9. The fraction of sp³-hybridized carbons (Fsp3) is 0.533. The van der Waals surface area contributed by atoms with Crippen LogP contribution in [-0.2, 0) is 4.79 Å². The lowest BCUT2D eigenvalue weighted by Crippen LogP contribution is -2.47. The predicted molar refractivity (Wildman–Crippen MR) is 85.3 cm³/mol. The molecule has 0 aromatic heterocycles. The van der Waals surface area contributed by atoms with E-state index in [-0.39, 0.29) is 0 Å². The van der Waals surface area contributed by atoms with Crippen LogP contribution in [0.4, 0.5) is 0 Å². The fourth-order valence-electron chi connectivity index (χ4n) is 1.65. The molecule has 1 atom stereocenters. The van der Waals surface area contributed by atoms with Crippen molar-refractivity contribution < 1.29 is 19.4 Å². The van der Waals surface area contributed by atoms with Gasteiger partial charge in [0.05, 0.1) is 13.2 Å². The van der Waals surface area contributed by atoms with Gasteiger partial charge >= 0.3 is 5.97 Å². The number of aliphatic carboxylic acids is 1. The summed E-state index contributed by atoms with van der Waals surface area (Å²) in [5.74, 6) is 1.26. The average molecular weight is 313 g/mol. The molecule has 21 heavy (non-hydrogen) atoms. The molecule has 0 unspecified atom stereocenters. The molecule has 3 N–H and O–H groups in total. The highest BCUT2D eigenvalue weighted by molar-refractivity contribution is 8.00. The van der Waals surface area contributed by atoms with Crippen LogP contribution >= 0.6 is 11.8 Å². The number of thioether (sulfide) groups is 1. The minimum absolute atomic E-state index is 0.494. The van der Waals surface area contributed by atoms with E-state index in [0.717, 1.165) is 11.5 Å². The van der Waals surface area contributed by atoms with E-state index in [1.165, 1.54) is 11.8 Å². The molecule has 0 aliphatic heterocycles. The van der Waals surface area contributed by atoms with Crippen LogP contribution in [0.5, 0.6) is 11.5 Å². The molecule has 0 heterocycles. The van der Waals surface area contributed by atoms with E-state index < -0.39 is 16.8 Å². The summed E-state index contributed by atoms with van der Waals surface area (Å²) in [4.78, 5) is 10.9. The van der Waals surface area contributed by atoms with Crippen molar-refractivity contribution in [2.45, 2.75) is 31.6 Å². The molecular formula is C15H23NO4S. The van der Waals surface area contributed by atoms with Gasteiger partial charge in [-0.15, -0.1) is 11.8 Å². The number of ether oxygens (including phenoxy) is 2. The molecule has 0 spiro atoms. The Bertz CT molecular complexity index is 447. The molecule has 6 heteroatoms. The van der Waals surface area contributed by atoms with E-state index in [2.05, 4.69) is 0 Å². The van der Waals surface area contributed by atoms with Crippen LogP contribution in [0.25, 0.3) is 0 Å². The first-order chi connectivity index (χ1) is 9.86. The van der Waals surface area contributed by atoms with Gasteiger partial charge in [0.2, 0.25) is 0 Å². The third kappa shape index (κ3) is 5.85. The lowest BCUT2D eigenvalue weighted by Gasteiger charge is -2.27. The summed E-state index contributed by atoms with van der Waals surface area (Å²) in [6, 6.07) is 6.52. The first-order valence-corrected chi connectivity index (χ1v) is 7.83. The van der Waals surface area contributed by atoms with E-state index in [1.807, 2.05) is 45.0 Å².